The summed E-state index contributed by atoms with van der Waals surface area (Å²) >= 11 is 0. The van der Waals surface area contributed by atoms with Crippen molar-refractivity contribution < 1.29 is 14.0 Å². The minimum atomic E-state index is -0.271. The molecule has 5 rings (SSSR count). The zero-order chi connectivity index (χ0) is 21.4. The lowest BCUT2D eigenvalue weighted by Gasteiger charge is -2.38. The topological polar surface area (TPSA) is 71.3 Å². The quantitative estimate of drug-likeness (QED) is 0.638. The lowest BCUT2D eigenvalue weighted by Crippen LogP contribution is -2.50. The van der Waals surface area contributed by atoms with E-state index >= 15 is 0 Å². The summed E-state index contributed by atoms with van der Waals surface area (Å²) in [6.07, 6.45) is 3.38. The van der Waals surface area contributed by atoms with Gasteiger partial charge in [0, 0.05) is 31.6 Å². The van der Waals surface area contributed by atoms with Crippen LogP contribution in [0.15, 0.2) is 54.7 Å². The summed E-state index contributed by atoms with van der Waals surface area (Å²) in [5.41, 5.74) is 3.24. The Balaban J connectivity index is 1.17. The van der Waals surface area contributed by atoms with E-state index in [1.807, 2.05) is 18.3 Å². The molecule has 0 unspecified atom stereocenters. The number of hydrogen-bond acceptors (Lipinski definition) is 4. The molecule has 31 heavy (non-hydrogen) atoms. The van der Waals surface area contributed by atoms with Crippen LogP contribution in [0.2, 0.25) is 0 Å². The van der Waals surface area contributed by atoms with E-state index in [1.165, 1.54) is 12.1 Å². The SMILES string of the molecule is O=C1CCCN1Cc1cn(C2CN(C(=O)c3ccc(-c4ccc(F)cc4)cc3)C2)nn1. The van der Waals surface area contributed by atoms with Crippen molar-refractivity contribution in [3.05, 3.63) is 71.8 Å². The molecule has 7 nitrogen and oxygen atoms in total. The fraction of sp³-hybridized carbons (Fsp3) is 0.304. The number of benzene rings is 2. The van der Waals surface area contributed by atoms with Crippen molar-refractivity contribution in [3.8, 4) is 11.1 Å². The van der Waals surface area contributed by atoms with E-state index in [9.17, 15) is 14.0 Å². The highest BCUT2D eigenvalue weighted by molar-refractivity contribution is 5.95. The number of likely N-dealkylation sites (tertiary alicyclic amines) is 2. The average Bonchev–Trinajstić information content (AvgIpc) is 3.37. The maximum absolute atomic E-state index is 13.1. The molecular formula is C23H22FN5O2. The predicted molar refractivity (Wildman–Crippen MR) is 111 cm³/mol. The molecule has 2 saturated heterocycles. The number of carbonyl (C=O) groups is 2. The van der Waals surface area contributed by atoms with Crippen LogP contribution in [0.25, 0.3) is 11.1 Å². The summed E-state index contributed by atoms with van der Waals surface area (Å²) in [7, 11) is 0. The van der Waals surface area contributed by atoms with Crippen molar-refractivity contribution in [3.63, 3.8) is 0 Å². The first-order chi connectivity index (χ1) is 15.1. The molecule has 2 fully saturated rings. The van der Waals surface area contributed by atoms with Gasteiger partial charge in [-0.05, 0) is 41.8 Å². The Hall–Kier alpha value is -3.55. The molecule has 3 aromatic rings. The highest BCUT2D eigenvalue weighted by atomic mass is 19.1. The van der Waals surface area contributed by atoms with Gasteiger partial charge in [-0.1, -0.05) is 29.5 Å². The number of hydrogen-bond donors (Lipinski definition) is 0. The van der Waals surface area contributed by atoms with Gasteiger partial charge in [0.15, 0.2) is 0 Å². The Morgan fingerprint density at radius 3 is 2.35 bits per heavy atom. The van der Waals surface area contributed by atoms with E-state index < -0.39 is 0 Å². The van der Waals surface area contributed by atoms with Crippen molar-refractivity contribution in [2.45, 2.75) is 25.4 Å². The zero-order valence-electron chi connectivity index (χ0n) is 16.9. The molecule has 0 atom stereocenters. The third kappa shape index (κ3) is 3.93. The van der Waals surface area contributed by atoms with Gasteiger partial charge in [-0.25, -0.2) is 9.07 Å². The lowest BCUT2D eigenvalue weighted by atomic mass is 10.0. The van der Waals surface area contributed by atoms with Gasteiger partial charge in [0.2, 0.25) is 5.91 Å². The number of amides is 2. The minimum absolute atomic E-state index is 0.0232. The predicted octanol–water partition coefficient (Wildman–Crippen LogP) is 2.90. The van der Waals surface area contributed by atoms with Gasteiger partial charge in [-0.2, -0.15) is 0 Å². The first-order valence-electron chi connectivity index (χ1n) is 10.4. The van der Waals surface area contributed by atoms with E-state index in [2.05, 4.69) is 10.3 Å². The molecule has 0 radical (unpaired) electrons. The Labute approximate surface area is 179 Å². The molecule has 0 N–H and O–H groups in total. The molecule has 1 aromatic heterocycles. The third-order valence-corrected chi connectivity index (χ3v) is 5.91. The second-order valence-electron chi connectivity index (χ2n) is 8.06. The van der Waals surface area contributed by atoms with Crippen LogP contribution in [0, 0.1) is 5.82 Å². The van der Waals surface area contributed by atoms with Gasteiger partial charge in [0.25, 0.3) is 5.91 Å². The van der Waals surface area contributed by atoms with E-state index in [0.717, 1.165) is 29.8 Å². The summed E-state index contributed by atoms with van der Waals surface area (Å²) < 4.78 is 14.9. The Morgan fingerprint density at radius 2 is 1.71 bits per heavy atom. The number of carbonyl (C=O) groups excluding carboxylic acids is 2. The Morgan fingerprint density at radius 1 is 1.03 bits per heavy atom. The fourth-order valence-corrected chi connectivity index (χ4v) is 4.05. The molecule has 3 heterocycles. The Kier molecular flexibility index (Phi) is 4.97. The molecule has 158 valence electrons. The van der Waals surface area contributed by atoms with Crippen LogP contribution in [0.5, 0.6) is 0 Å². The van der Waals surface area contributed by atoms with Crippen LogP contribution < -0.4 is 0 Å². The first kappa shape index (κ1) is 19.4. The lowest BCUT2D eigenvalue weighted by molar-refractivity contribution is -0.128. The van der Waals surface area contributed by atoms with Crippen molar-refractivity contribution in [2.24, 2.45) is 0 Å². The standard InChI is InChI=1S/C23H22FN5O2/c24-19-9-7-17(8-10-19)16-3-5-18(6-4-16)23(31)28-14-21(15-28)29-13-20(25-26-29)12-27-11-1-2-22(27)30/h3-10,13,21H,1-2,11-12,14-15H2. The minimum Gasteiger partial charge on any atom is -0.337 e. The number of halogens is 1. The highest BCUT2D eigenvalue weighted by Gasteiger charge is 2.33. The van der Waals surface area contributed by atoms with Gasteiger partial charge in [0.1, 0.15) is 11.5 Å². The summed E-state index contributed by atoms with van der Waals surface area (Å²) in [4.78, 5) is 28.1. The van der Waals surface area contributed by atoms with E-state index in [4.69, 9.17) is 0 Å². The normalized spacial score (nSPS) is 16.6. The maximum Gasteiger partial charge on any atom is 0.253 e. The van der Waals surface area contributed by atoms with Crippen LogP contribution in [0.1, 0.15) is 34.9 Å². The molecule has 2 aromatic carbocycles. The van der Waals surface area contributed by atoms with Crippen molar-refractivity contribution >= 4 is 11.8 Å². The monoisotopic (exact) mass is 419 g/mol. The van der Waals surface area contributed by atoms with Gasteiger partial charge < -0.3 is 9.80 Å². The number of aromatic nitrogens is 3. The van der Waals surface area contributed by atoms with Crippen LogP contribution in [0.4, 0.5) is 4.39 Å². The maximum atomic E-state index is 13.1. The van der Waals surface area contributed by atoms with Gasteiger partial charge in [0.05, 0.1) is 18.8 Å². The van der Waals surface area contributed by atoms with Crippen LogP contribution in [0.3, 0.4) is 0 Å². The molecule has 0 spiro atoms. The van der Waals surface area contributed by atoms with Crippen LogP contribution in [-0.4, -0.2) is 56.2 Å². The van der Waals surface area contributed by atoms with E-state index in [0.29, 0.717) is 31.6 Å². The summed E-state index contributed by atoms with van der Waals surface area (Å²) in [6, 6.07) is 13.7. The summed E-state index contributed by atoms with van der Waals surface area (Å²) in [5, 5.41) is 8.37. The second kappa shape index (κ2) is 7.94. The number of rotatable bonds is 5. The van der Waals surface area contributed by atoms with Crippen LogP contribution in [-0.2, 0) is 11.3 Å². The first-order valence-corrected chi connectivity index (χ1v) is 10.4. The fourth-order valence-electron chi connectivity index (χ4n) is 4.05. The molecule has 8 heteroatoms. The van der Waals surface area contributed by atoms with E-state index in [-0.39, 0.29) is 23.7 Å². The van der Waals surface area contributed by atoms with Crippen LogP contribution >= 0.6 is 0 Å². The highest BCUT2D eigenvalue weighted by Crippen LogP contribution is 2.25. The third-order valence-electron chi connectivity index (χ3n) is 5.91. The van der Waals surface area contributed by atoms with Gasteiger partial charge >= 0.3 is 0 Å². The summed E-state index contributed by atoms with van der Waals surface area (Å²) in [6.45, 7) is 2.42. The molecule has 2 amide bonds. The Bertz CT molecular complexity index is 1100. The molecule has 0 saturated carbocycles. The summed E-state index contributed by atoms with van der Waals surface area (Å²) in [5.74, 6) is -0.128. The van der Waals surface area contributed by atoms with Crippen molar-refractivity contribution in [2.75, 3.05) is 19.6 Å². The van der Waals surface area contributed by atoms with Gasteiger partial charge in [-0.3, -0.25) is 9.59 Å². The van der Waals surface area contributed by atoms with E-state index in [1.54, 1.807) is 38.7 Å². The van der Waals surface area contributed by atoms with Gasteiger partial charge in [-0.15, -0.1) is 5.10 Å². The molecular weight excluding hydrogens is 397 g/mol. The average molecular weight is 419 g/mol. The zero-order valence-corrected chi connectivity index (χ0v) is 16.9. The van der Waals surface area contributed by atoms with Crippen molar-refractivity contribution in [1.82, 2.24) is 24.8 Å². The molecule has 2 aliphatic heterocycles. The number of nitrogens with zero attached hydrogens (tertiary/aromatic N) is 5. The largest absolute Gasteiger partial charge is 0.337 e. The van der Waals surface area contributed by atoms with Crippen molar-refractivity contribution in [1.29, 1.82) is 0 Å². The second-order valence-corrected chi connectivity index (χ2v) is 8.06. The molecule has 0 bridgehead atoms. The molecule has 2 aliphatic rings. The molecule has 0 aliphatic carbocycles. The smallest absolute Gasteiger partial charge is 0.253 e.